The van der Waals surface area contributed by atoms with Crippen LogP contribution in [0.3, 0.4) is 0 Å². The largest absolute Gasteiger partial charge is 0.396 e. The zero-order valence-corrected chi connectivity index (χ0v) is 9.05. The van der Waals surface area contributed by atoms with Gasteiger partial charge in [0.1, 0.15) is 0 Å². The third-order valence-corrected chi connectivity index (χ3v) is 1.48. The van der Waals surface area contributed by atoms with Crippen LogP contribution in [0.15, 0.2) is 24.3 Å². The number of rotatable bonds is 2. The minimum Gasteiger partial charge on any atom is -0.396 e. The zero-order valence-electron chi connectivity index (χ0n) is 8.24. The Balaban J connectivity index is 0.000000385. The minimum atomic E-state index is -4.67. The summed E-state index contributed by atoms with van der Waals surface area (Å²) in [4.78, 5) is 0. The molecular weight excluding hydrogens is 234 g/mol. The van der Waals surface area contributed by atoms with Crippen molar-refractivity contribution in [1.82, 2.24) is 0 Å². The predicted octanol–water partition coefficient (Wildman–Crippen LogP) is 0.440. The Morgan fingerprint density at radius 3 is 1.94 bits per heavy atom. The number of nitriles is 1. The van der Waals surface area contributed by atoms with E-state index in [4.69, 9.17) is 27.9 Å². The van der Waals surface area contributed by atoms with Crippen LogP contribution in [0.4, 0.5) is 0 Å². The Morgan fingerprint density at radius 2 is 1.62 bits per heavy atom. The van der Waals surface area contributed by atoms with E-state index in [2.05, 4.69) is 0 Å². The van der Waals surface area contributed by atoms with E-state index in [1.165, 1.54) is 0 Å². The van der Waals surface area contributed by atoms with Gasteiger partial charge in [-0.3, -0.25) is 9.11 Å². The van der Waals surface area contributed by atoms with Gasteiger partial charge in [-0.2, -0.15) is 13.7 Å². The van der Waals surface area contributed by atoms with Gasteiger partial charge < -0.3 is 5.11 Å². The quantitative estimate of drug-likeness (QED) is 0.650. The zero-order chi connectivity index (χ0) is 12.6. The summed E-state index contributed by atoms with van der Waals surface area (Å²) in [7, 11) is -4.67. The predicted molar refractivity (Wildman–Crippen MR) is 56.1 cm³/mol. The maximum absolute atomic E-state index is 8.74. The molecule has 0 spiro atoms. The third-order valence-electron chi connectivity index (χ3n) is 1.48. The van der Waals surface area contributed by atoms with E-state index >= 15 is 0 Å². The van der Waals surface area contributed by atoms with Crippen LogP contribution in [-0.4, -0.2) is 29.2 Å². The highest BCUT2D eigenvalue weighted by atomic mass is 32.3. The van der Waals surface area contributed by atoms with Crippen LogP contribution in [0.25, 0.3) is 0 Å². The van der Waals surface area contributed by atoms with Crippen LogP contribution >= 0.6 is 0 Å². The lowest BCUT2D eigenvalue weighted by molar-refractivity contribution is 0.299. The van der Waals surface area contributed by atoms with Gasteiger partial charge >= 0.3 is 10.4 Å². The van der Waals surface area contributed by atoms with Crippen molar-refractivity contribution in [1.29, 1.82) is 5.26 Å². The van der Waals surface area contributed by atoms with E-state index in [1.54, 1.807) is 12.1 Å². The molecule has 0 aliphatic heterocycles. The summed E-state index contributed by atoms with van der Waals surface area (Å²) in [5.41, 5.74) is 1.72. The first kappa shape index (κ1) is 14.5. The summed E-state index contributed by atoms with van der Waals surface area (Å²) < 4.78 is 31.6. The van der Waals surface area contributed by atoms with Crippen LogP contribution < -0.4 is 0 Å². The Kier molecular flexibility index (Phi) is 6.29. The molecule has 0 atom stereocenters. The molecule has 3 N–H and O–H groups in total. The fraction of sp³-hybridized carbons (Fsp3) is 0.222. The van der Waals surface area contributed by atoms with Crippen LogP contribution in [0, 0.1) is 11.3 Å². The second-order valence-electron chi connectivity index (χ2n) is 2.73. The van der Waals surface area contributed by atoms with E-state index in [9.17, 15) is 0 Å². The Bertz CT molecular complexity index is 438. The lowest BCUT2D eigenvalue weighted by Gasteiger charge is -1.95. The summed E-state index contributed by atoms with van der Waals surface area (Å²) >= 11 is 0. The van der Waals surface area contributed by atoms with E-state index in [-0.39, 0.29) is 6.61 Å². The second-order valence-corrected chi connectivity index (χ2v) is 3.63. The van der Waals surface area contributed by atoms with Crippen molar-refractivity contribution in [2.75, 3.05) is 6.61 Å². The second kappa shape index (κ2) is 6.92. The van der Waals surface area contributed by atoms with Crippen LogP contribution in [0.1, 0.15) is 11.1 Å². The molecule has 0 unspecified atom stereocenters. The molecule has 7 heteroatoms. The van der Waals surface area contributed by atoms with Gasteiger partial charge in [0.2, 0.25) is 0 Å². The number of hydrogen-bond acceptors (Lipinski definition) is 4. The van der Waals surface area contributed by atoms with Crippen molar-refractivity contribution < 1.29 is 22.6 Å². The van der Waals surface area contributed by atoms with E-state index in [1.807, 2.05) is 18.2 Å². The smallest absolute Gasteiger partial charge is 0.394 e. The highest BCUT2D eigenvalue weighted by Crippen LogP contribution is 2.02. The summed E-state index contributed by atoms with van der Waals surface area (Å²) in [6.45, 7) is 0.159. The molecule has 0 aliphatic rings. The molecule has 0 amide bonds. The van der Waals surface area contributed by atoms with Gasteiger partial charge in [-0.05, 0) is 24.1 Å². The van der Waals surface area contributed by atoms with Crippen molar-refractivity contribution in [2.24, 2.45) is 0 Å². The number of nitrogens with zero attached hydrogens (tertiary/aromatic N) is 1. The molecule has 1 rings (SSSR count). The summed E-state index contributed by atoms with van der Waals surface area (Å²) in [5.74, 6) is 0. The van der Waals surface area contributed by atoms with Crippen LogP contribution in [0.5, 0.6) is 0 Å². The number of benzene rings is 1. The molecule has 0 saturated carbocycles. The van der Waals surface area contributed by atoms with Gasteiger partial charge in [0, 0.05) is 6.61 Å². The molecule has 0 bridgehead atoms. The van der Waals surface area contributed by atoms with E-state index in [0.29, 0.717) is 12.0 Å². The van der Waals surface area contributed by atoms with Gasteiger partial charge in [-0.1, -0.05) is 12.1 Å². The molecule has 0 aliphatic carbocycles. The topological polar surface area (TPSA) is 119 Å². The first-order valence-corrected chi connectivity index (χ1v) is 5.56. The molecule has 88 valence electrons. The fourth-order valence-corrected chi connectivity index (χ4v) is 0.875. The van der Waals surface area contributed by atoms with Crippen molar-refractivity contribution in [3.05, 3.63) is 35.4 Å². The number of aliphatic hydroxyl groups excluding tert-OH is 1. The van der Waals surface area contributed by atoms with E-state index in [0.717, 1.165) is 5.56 Å². The minimum absolute atomic E-state index is 0.159. The highest BCUT2D eigenvalue weighted by molar-refractivity contribution is 7.79. The van der Waals surface area contributed by atoms with Crippen molar-refractivity contribution in [3.8, 4) is 6.07 Å². The summed E-state index contributed by atoms with van der Waals surface area (Å²) in [5, 5.41) is 17.0. The maximum Gasteiger partial charge on any atom is 0.394 e. The van der Waals surface area contributed by atoms with Gasteiger partial charge in [-0.25, -0.2) is 0 Å². The molecule has 0 saturated heterocycles. The molecular formula is C9H11NO5S. The average molecular weight is 245 g/mol. The Hall–Kier alpha value is -1.46. The van der Waals surface area contributed by atoms with Crippen LogP contribution in [-0.2, 0) is 16.8 Å². The summed E-state index contributed by atoms with van der Waals surface area (Å²) in [6.07, 6.45) is 0.658. The SMILES string of the molecule is N#Cc1ccc(CCO)cc1.O=S(=O)(O)O. The maximum atomic E-state index is 8.74. The molecule has 1 aromatic rings. The monoisotopic (exact) mass is 245 g/mol. The van der Waals surface area contributed by atoms with Crippen molar-refractivity contribution in [3.63, 3.8) is 0 Å². The molecule has 0 fully saturated rings. The molecule has 1 aromatic carbocycles. The third kappa shape index (κ3) is 9.11. The van der Waals surface area contributed by atoms with Gasteiger partial charge in [0.15, 0.2) is 0 Å². The standard InChI is InChI=1S/C9H9NO.H2O4S/c10-7-9-3-1-8(2-4-9)5-6-11;1-5(2,3)4/h1-4,11H,5-6H2;(H2,1,2,3,4). The molecule has 16 heavy (non-hydrogen) atoms. The average Bonchev–Trinajstić information content (AvgIpc) is 2.17. The lowest BCUT2D eigenvalue weighted by Crippen LogP contribution is -1.89. The first-order valence-electron chi connectivity index (χ1n) is 4.16. The summed E-state index contributed by atoms with van der Waals surface area (Å²) in [6, 6.07) is 9.26. The van der Waals surface area contributed by atoms with Crippen molar-refractivity contribution in [2.45, 2.75) is 6.42 Å². The lowest BCUT2D eigenvalue weighted by atomic mass is 10.1. The van der Waals surface area contributed by atoms with Crippen molar-refractivity contribution >= 4 is 10.4 Å². The number of aliphatic hydroxyl groups is 1. The molecule has 6 nitrogen and oxygen atoms in total. The van der Waals surface area contributed by atoms with Gasteiger partial charge in [0.25, 0.3) is 0 Å². The first-order chi connectivity index (χ1) is 7.36. The normalized spacial score (nSPS) is 9.88. The molecule has 0 aromatic heterocycles. The van der Waals surface area contributed by atoms with Gasteiger partial charge in [-0.15, -0.1) is 0 Å². The fourth-order valence-electron chi connectivity index (χ4n) is 0.875. The Morgan fingerprint density at radius 1 is 1.19 bits per heavy atom. The number of hydrogen-bond donors (Lipinski definition) is 3. The highest BCUT2D eigenvalue weighted by Gasteiger charge is 1.91. The van der Waals surface area contributed by atoms with Crippen LogP contribution in [0.2, 0.25) is 0 Å². The Labute approximate surface area is 93.4 Å². The molecule has 0 heterocycles. The molecule has 0 radical (unpaired) electrons. The van der Waals surface area contributed by atoms with Gasteiger partial charge in [0.05, 0.1) is 11.6 Å². The van der Waals surface area contributed by atoms with E-state index < -0.39 is 10.4 Å².